The quantitative estimate of drug-likeness (QED) is 0.865. The number of ether oxygens (including phenoxy) is 1. The zero-order chi connectivity index (χ0) is 19.2. The molecule has 2 aromatic carbocycles. The number of rotatable bonds is 6. The van der Waals surface area contributed by atoms with Crippen LogP contribution in [0.3, 0.4) is 0 Å². The van der Waals surface area contributed by atoms with E-state index in [1.807, 2.05) is 51.1 Å². The van der Waals surface area contributed by atoms with Gasteiger partial charge >= 0.3 is 0 Å². The van der Waals surface area contributed by atoms with Gasteiger partial charge in [-0.25, -0.2) is 0 Å². The van der Waals surface area contributed by atoms with E-state index < -0.39 is 5.41 Å². The summed E-state index contributed by atoms with van der Waals surface area (Å²) in [6.45, 7) is 6.08. The van der Waals surface area contributed by atoms with E-state index >= 15 is 0 Å². The number of hydrogen-bond acceptors (Lipinski definition) is 3. The molecule has 0 aliphatic carbocycles. The minimum atomic E-state index is -0.444. The van der Waals surface area contributed by atoms with Gasteiger partial charge in [-0.05, 0) is 29.8 Å². The molecule has 1 N–H and O–H groups in total. The van der Waals surface area contributed by atoms with Crippen molar-refractivity contribution in [2.45, 2.75) is 27.3 Å². The van der Waals surface area contributed by atoms with Gasteiger partial charge in [-0.3, -0.25) is 9.59 Å². The number of amides is 2. The largest absolute Gasteiger partial charge is 0.484 e. The Morgan fingerprint density at radius 2 is 1.62 bits per heavy atom. The first kappa shape index (κ1) is 19.5. The molecule has 5 heteroatoms. The number of anilines is 1. The highest BCUT2D eigenvalue weighted by Crippen LogP contribution is 2.23. The SMILES string of the molecule is CN(C(=O)C(C)(C)C)c1ccc(OCC(=O)NCc2ccccc2)cc1. The van der Waals surface area contributed by atoms with Gasteiger partial charge in [0.2, 0.25) is 5.91 Å². The van der Waals surface area contributed by atoms with Crippen molar-refractivity contribution in [3.8, 4) is 5.75 Å². The molecule has 0 radical (unpaired) electrons. The molecule has 0 spiro atoms. The van der Waals surface area contributed by atoms with Gasteiger partial charge < -0.3 is 15.0 Å². The standard InChI is InChI=1S/C21H26N2O3/c1-21(2,3)20(25)23(4)17-10-12-18(13-11-17)26-15-19(24)22-14-16-8-6-5-7-9-16/h5-13H,14-15H2,1-4H3,(H,22,24). The van der Waals surface area contributed by atoms with E-state index in [2.05, 4.69) is 5.32 Å². The monoisotopic (exact) mass is 354 g/mol. The summed E-state index contributed by atoms with van der Waals surface area (Å²) in [5.41, 5.74) is 1.38. The second-order valence-electron chi connectivity index (χ2n) is 7.16. The Morgan fingerprint density at radius 1 is 1.00 bits per heavy atom. The fourth-order valence-electron chi connectivity index (χ4n) is 2.38. The highest BCUT2D eigenvalue weighted by molar-refractivity contribution is 5.96. The van der Waals surface area contributed by atoms with E-state index in [9.17, 15) is 9.59 Å². The molecular formula is C21H26N2O3. The first-order chi connectivity index (χ1) is 12.3. The lowest BCUT2D eigenvalue weighted by Gasteiger charge is -2.26. The van der Waals surface area contributed by atoms with Crippen LogP contribution in [-0.2, 0) is 16.1 Å². The summed E-state index contributed by atoms with van der Waals surface area (Å²) >= 11 is 0. The van der Waals surface area contributed by atoms with E-state index in [0.717, 1.165) is 11.3 Å². The third-order valence-corrected chi connectivity index (χ3v) is 3.87. The van der Waals surface area contributed by atoms with Crippen LogP contribution in [0, 0.1) is 5.41 Å². The highest BCUT2D eigenvalue weighted by atomic mass is 16.5. The Labute approximate surface area is 155 Å². The molecule has 0 atom stereocenters. The maximum atomic E-state index is 12.3. The molecule has 0 heterocycles. The maximum Gasteiger partial charge on any atom is 0.258 e. The first-order valence-corrected chi connectivity index (χ1v) is 8.59. The lowest BCUT2D eigenvalue weighted by molar-refractivity contribution is -0.125. The molecule has 0 saturated heterocycles. The van der Waals surface area contributed by atoms with Gasteiger partial charge in [-0.1, -0.05) is 51.1 Å². The van der Waals surface area contributed by atoms with E-state index in [-0.39, 0.29) is 18.4 Å². The van der Waals surface area contributed by atoms with E-state index in [4.69, 9.17) is 4.74 Å². The van der Waals surface area contributed by atoms with E-state index in [0.29, 0.717) is 12.3 Å². The molecule has 2 aromatic rings. The summed E-state index contributed by atoms with van der Waals surface area (Å²) in [7, 11) is 1.75. The minimum absolute atomic E-state index is 0.0338. The molecule has 0 saturated carbocycles. The number of carbonyl (C=O) groups excluding carboxylic acids is 2. The third kappa shape index (κ3) is 5.62. The molecule has 26 heavy (non-hydrogen) atoms. The molecule has 138 valence electrons. The van der Waals surface area contributed by atoms with Crippen molar-refractivity contribution in [3.63, 3.8) is 0 Å². The summed E-state index contributed by atoms with van der Waals surface area (Å²) in [6.07, 6.45) is 0. The van der Waals surface area contributed by atoms with Crippen LogP contribution in [0.5, 0.6) is 5.75 Å². The van der Waals surface area contributed by atoms with Gasteiger partial charge in [-0.15, -0.1) is 0 Å². The van der Waals surface area contributed by atoms with E-state index in [1.54, 1.807) is 36.2 Å². The summed E-state index contributed by atoms with van der Waals surface area (Å²) in [4.78, 5) is 25.8. The number of nitrogens with zero attached hydrogens (tertiary/aromatic N) is 1. The average Bonchev–Trinajstić information content (AvgIpc) is 2.64. The summed E-state index contributed by atoms with van der Waals surface area (Å²) in [5.74, 6) is 0.435. The Kier molecular flexibility index (Phi) is 6.39. The fourth-order valence-corrected chi connectivity index (χ4v) is 2.38. The molecule has 2 rings (SSSR count). The maximum absolute atomic E-state index is 12.3. The number of hydrogen-bond donors (Lipinski definition) is 1. The molecular weight excluding hydrogens is 328 g/mol. The predicted octanol–water partition coefficient (Wildman–Crippen LogP) is 3.39. The van der Waals surface area contributed by atoms with Crippen LogP contribution in [0.15, 0.2) is 54.6 Å². The number of carbonyl (C=O) groups is 2. The van der Waals surface area contributed by atoms with Gasteiger partial charge in [0.15, 0.2) is 6.61 Å². The zero-order valence-corrected chi connectivity index (χ0v) is 15.8. The van der Waals surface area contributed by atoms with Crippen molar-refractivity contribution < 1.29 is 14.3 Å². The summed E-state index contributed by atoms with van der Waals surface area (Å²) in [6, 6.07) is 16.8. The molecule has 0 fully saturated rings. The van der Waals surface area contributed by atoms with Crippen LogP contribution in [0.25, 0.3) is 0 Å². The summed E-state index contributed by atoms with van der Waals surface area (Å²) in [5, 5.41) is 2.81. The van der Waals surface area contributed by atoms with Crippen LogP contribution < -0.4 is 15.0 Å². The van der Waals surface area contributed by atoms with E-state index in [1.165, 1.54) is 0 Å². The third-order valence-electron chi connectivity index (χ3n) is 3.87. The molecule has 0 bridgehead atoms. The number of benzene rings is 2. The fraction of sp³-hybridized carbons (Fsp3) is 0.333. The molecule has 0 aliphatic rings. The minimum Gasteiger partial charge on any atom is -0.484 e. The first-order valence-electron chi connectivity index (χ1n) is 8.59. The Bertz CT molecular complexity index is 734. The van der Waals surface area contributed by atoms with Gasteiger partial charge in [0, 0.05) is 24.7 Å². The topological polar surface area (TPSA) is 58.6 Å². The average molecular weight is 354 g/mol. The van der Waals surface area contributed by atoms with Crippen LogP contribution >= 0.6 is 0 Å². The zero-order valence-electron chi connectivity index (χ0n) is 15.8. The van der Waals surface area contributed by atoms with Crippen molar-refractivity contribution in [1.82, 2.24) is 5.32 Å². The van der Waals surface area contributed by atoms with Crippen molar-refractivity contribution in [2.75, 3.05) is 18.6 Å². The Morgan fingerprint density at radius 3 is 2.19 bits per heavy atom. The van der Waals surface area contributed by atoms with Crippen LogP contribution in [0.2, 0.25) is 0 Å². The number of nitrogens with one attached hydrogen (secondary N) is 1. The van der Waals surface area contributed by atoms with Crippen molar-refractivity contribution in [1.29, 1.82) is 0 Å². The van der Waals surface area contributed by atoms with Crippen LogP contribution in [0.4, 0.5) is 5.69 Å². The van der Waals surface area contributed by atoms with Crippen molar-refractivity contribution >= 4 is 17.5 Å². The van der Waals surface area contributed by atoms with Crippen molar-refractivity contribution in [3.05, 3.63) is 60.2 Å². The van der Waals surface area contributed by atoms with Crippen molar-refractivity contribution in [2.24, 2.45) is 5.41 Å². The molecule has 2 amide bonds. The lowest BCUT2D eigenvalue weighted by atomic mass is 9.95. The molecule has 5 nitrogen and oxygen atoms in total. The van der Waals surface area contributed by atoms with Gasteiger partial charge in [0.25, 0.3) is 5.91 Å². The second-order valence-corrected chi connectivity index (χ2v) is 7.16. The molecule has 0 aromatic heterocycles. The van der Waals surface area contributed by atoms with Crippen LogP contribution in [-0.4, -0.2) is 25.5 Å². The predicted molar refractivity (Wildman–Crippen MR) is 103 cm³/mol. The Balaban J connectivity index is 1.83. The lowest BCUT2D eigenvalue weighted by Crippen LogP contribution is -2.36. The highest BCUT2D eigenvalue weighted by Gasteiger charge is 2.25. The van der Waals surface area contributed by atoms with Gasteiger partial charge in [-0.2, -0.15) is 0 Å². The van der Waals surface area contributed by atoms with Gasteiger partial charge in [0.05, 0.1) is 0 Å². The van der Waals surface area contributed by atoms with Crippen LogP contribution in [0.1, 0.15) is 26.3 Å². The molecule has 0 unspecified atom stereocenters. The normalized spacial score (nSPS) is 10.9. The Hall–Kier alpha value is -2.82. The van der Waals surface area contributed by atoms with Gasteiger partial charge in [0.1, 0.15) is 5.75 Å². The molecule has 0 aliphatic heterocycles. The summed E-state index contributed by atoms with van der Waals surface area (Å²) < 4.78 is 5.50. The second kappa shape index (κ2) is 8.52. The smallest absolute Gasteiger partial charge is 0.258 e.